The molecule has 1 N–H and O–H groups in total. The lowest BCUT2D eigenvalue weighted by atomic mass is 10.1. The van der Waals surface area contributed by atoms with Crippen LogP contribution in [0.5, 0.6) is 0 Å². The van der Waals surface area contributed by atoms with Crippen LogP contribution in [0, 0.1) is 25.5 Å². The molecule has 0 unspecified atom stereocenters. The molecule has 114 valence electrons. The Hall–Kier alpha value is -1.75. The molecule has 2 aromatic rings. The van der Waals surface area contributed by atoms with Crippen LogP contribution in [-0.2, 0) is 13.1 Å². The maximum absolute atomic E-state index is 13.7. The molecule has 0 radical (unpaired) electrons. The number of hydrogen-bond donors (Lipinski definition) is 1. The fourth-order valence-electron chi connectivity index (χ4n) is 2.28. The van der Waals surface area contributed by atoms with Gasteiger partial charge >= 0.3 is 0 Å². The van der Waals surface area contributed by atoms with Crippen LogP contribution in [0.25, 0.3) is 0 Å². The first kappa shape index (κ1) is 15.6. The van der Waals surface area contributed by atoms with Gasteiger partial charge in [-0.2, -0.15) is 5.10 Å². The summed E-state index contributed by atoms with van der Waals surface area (Å²) in [5, 5.41) is 7.75. The van der Waals surface area contributed by atoms with Crippen LogP contribution in [-0.4, -0.2) is 15.8 Å². The summed E-state index contributed by atoms with van der Waals surface area (Å²) >= 11 is 0. The SMILES string of the molecule is Cc1nn(Cc2c(F)cccc2F)c(C)c1CNC(C)C. The largest absolute Gasteiger partial charge is 0.310 e. The number of halogens is 2. The van der Waals surface area contributed by atoms with Crippen molar-refractivity contribution in [1.29, 1.82) is 0 Å². The Morgan fingerprint density at radius 2 is 1.76 bits per heavy atom. The van der Waals surface area contributed by atoms with E-state index >= 15 is 0 Å². The number of aromatic nitrogens is 2. The van der Waals surface area contributed by atoms with Crippen LogP contribution < -0.4 is 5.32 Å². The van der Waals surface area contributed by atoms with Gasteiger partial charge in [-0.25, -0.2) is 8.78 Å². The highest BCUT2D eigenvalue weighted by Crippen LogP contribution is 2.18. The Bertz CT molecular complexity index is 612. The summed E-state index contributed by atoms with van der Waals surface area (Å²) in [7, 11) is 0. The molecular weight excluding hydrogens is 272 g/mol. The first-order valence-electron chi connectivity index (χ1n) is 7.09. The van der Waals surface area contributed by atoms with Crippen molar-refractivity contribution in [3.05, 3.63) is 52.3 Å². The molecule has 5 heteroatoms. The second-order valence-electron chi connectivity index (χ2n) is 5.54. The first-order valence-corrected chi connectivity index (χ1v) is 7.09. The summed E-state index contributed by atoms with van der Waals surface area (Å²) in [5.74, 6) is -1.08. The van der Waals surface area contributed by atoms with Crippen LogP contribution in [0.1, 0.15) is 36.4 Å². The van der Waals surface area contributed by atoms with Crippen molar-refractivity contribution in [1.82, 2.24) is 15.1 Å². The standard InChI is InChI=1S/C16H21F2N3/c1-10(2)19-8-13-11(3)20-21(12(13)4)9-14-15(17)6-5-7-16(14)18/h5-7,10,19H,8-9H2,1-4H3. The average Bonchev–Trinajstić information content (AvgIpc) is 2.67. The number of hydrogen-bond acceptors (Lipinski definition) is 2. The predicted octanol–water partition coefficient (Wildman–Crippen LogP) is 3.32. The van der Waals surface area contributed by atoms with Crippen molar-refractivity contribution in [3.8, 4) is 0 Å². The summed E-state index contributed by atoms with van der Waals surface area (Å²) in [6.45, 7) is 8.80. The fourth-order valence-corrected chi connectivity index (χ4v) is 2.28. The molecule has 1 heterocycles. The molecule has 0 bridgehead atoms. The quantitative estimate of drug-likeness (QED) is 0.916. The lowest BCUT2D eigenvalue weighted by molar-refractivity contribution is 0.528. The van der Waals surface area contributed by atoms with Gasteiger partial charge in [-0.05, 0) is 26.0 Å². The van der Waals surface area contributed by atoms with Crippen molar-refractivity contribution >= 4 is 0 Å². The Morgan fingerprint density at radius 1 is 1.14 bits per heavy atom. The predicted molar refractivity (Wildman–Crippen MR) is 79.1 cm³/mol. The second kappa shape index (κ2) is 6.35. The summed E-state index contributed by atoms with van der Waals surface area (Å²) in [5.41, 5.74) is 2.95. The minimum Gasteiger partial charge on any atom is -0.310 e. The molecule has 0 saturated heterocycles. The van der Waals surface area contributed by atoms with Crippen LogP contribution in [0.15, 0.2) is 18.2 Å². The molecule has 0 atom stereocenters. The zero-order valence-corrected chi connectivity index (χ0v) is 12.9. The number of aryl methyl sites for hydroxylation is 1. The topological polar surface area (TPSA) is 29.9 Å². The first-order chi connectivity index (χ1) is 9.90. The van der Waals surface area contributed by atoms with Gasteiger partial charge in [0.1, 0.15) is 11.6 Å². The Morgan fingerprint density at radius 3 is 2.33 bits per heavy atom. The minimum atomic E-state index is -0.538. The lowest BCUT2D eigenvalue weighted by Gasteiger charge is -2.10. The van der Waals surface area contributed by atoms with Crippen molar-refractivity contribution in [2.75, 3.05) is 0 Å². The fraction of sp³-hybridized carbons (Fsp3) is 0.438. The molecule has 21 heavy (non-hydrogen) atoms. The molecule has 2 rings (SSSR count). The highest BCUT2D eigenvalue weighted by Gasteiger charge is 2.15. The second-order valence-corrected chi connectivity index (χ2v) is 5.54. The highest BCUT2D eigenvalue weighted by atomic mass is 19.1. The molecule has 0 saturated carbocycles. The normalized spacial score (nSPS) is 11.4. The third-order valence-corrected chi connectivity index (χ3v) is 3.59. The van der Waals surface area contributed by atoms with Crippen LogP contribution in [0.2, 0.25) is 0 Å². The molecule has 1 aromatic heterocycles. The van der Waals surface area contributed by atoms with E-state index < -0.39 is 11.6 Å². The molecule has 0 aliphatic heterocycles. The van der Waals surface area contributed by atoms with Crippen LogP contribution in [0.3, 0.4) is 0 Å². The van der Waals surface area contributed by atoms with E-state index in [4.69, 9.17) is 0 Å². The van der Waals surface area contributed by atoms with E-state index in [1.165, 1.54) is 18.2 Å². The van der Waals surface area contributed by atoms with E-state index in [1.54, 1.807) is 4.68 Å². The van der Waals surface area contributed by atoms with Gasteiger partial charge in [0.25, 0.3) is 0 Å². The van der Waals surface area contributed by atoms with E-state index in [2.05, 4.69) is 24.3 Å². The Labute approximate surface area is 124 Å². The van der Waals surface area contributed by atoms with Gasteiger partial charge in [0.2, 0.25) is 0 Å². The summed E-state index contributed by atoms with van der Waals surface area (Å²) < 4.78 is 29.1. The van der Waals surface area contributed by atoms with Crippen molar-refractivity contribution in [3.63, 3.8) is 0 Å². The zero-order valence-electron chi connectivity index (χ0n) is 12.9. The summed E-state index contributed by atoms with van der Waals surface area (Å²) in [6, 6.07) is 4.28. The molecule has 3 nitrogen and oxygen atoms in total. The maximum atomic E-state index is 13.7. The lowest BCUT2D eigenvalue weighted by Crippen LogP contribution is -2.22. The van der Waals surface area contributed by atoms with Crippen LogP contribution in [0.4, 0.5) is 8.78 Å². The molecule has 0 aliphatic carbocycles. The Balaban J connectivity index is 2.27. The Kier molecular flexibility index (Phi) is 4.73. The highest BCUT2D eigenvalue weighted by molar-refractivity contribution is 5.26. The van der Waals surface area contributed by atoms with Gasteiger partial charge in [-0.15, -0.1) is 0 Å². The third-order valence-electron chi connectivity index (χ3n) is 3.59. The van der Waals surface area contributed by atoms with Crippen molar-refractivity contribution in [2.24, 2.45) is 0 Å². The van der Waals surface area contributed by atoms with Crippen molar-refractivity contribution in [2.45, 2.75) is 46.8 Å². The van der Waals surface area contributed by atoms with E-state index in [1.807, 2.05) is 13.8 Å². The summed E-state index contributed by atoms with van der Waals surface area (Å²) in [6.07, 6.45) is 0. The molecule has 0 fully saturated rings. The van der Waals surface area contributed by atoms with E-state index in [9.17, 15) is 8.78 Å². The molecule has 0 amide bonds. The summed E-state index contributed by atoms with van der Waals surface area (Å²) in [4.78, 5) is 0. The van der Waals surface area contributed by atoms with Gasteiger partial charge in [0, 0.05) is 29.4 Å². The smallest absolute Gasteiger partial charge is 0.131 e. The molecule has 0 aliphatic rings. The van der Waals surface area contributed by atoms with Crippen LogP contribution >= 0.6 is 0 Å². The number of nitrogens with zero attached hydrogens (tertiary/aromatic N) is 2. The molecular formula is C16H21F2N3. The number of benzene rings is 1. The number of rotatable bonds is 5. The van der Waals surface area contributed by atoms with E-state index in [-0.39, 0.29) is 12.1 Å². The zero-order chi connectivity index (χ0) is 15.6. The monoisotopic (exact) mass is 293 g/mol. The van der Waals surface area contributed by atoms with E-state index in [0.717, 1.165) is 17.0 Å². The van der Waals surface area contributed by atoms with Gasteiger partial charge in [-0.1, -0.05) is 19.9 Å². The molecule has 1 aromatic carbocycles. The minimum absolute atomic E-state index is 0.0477. The third kappa shape index (κ3) is 3.47. The van der Waals surface area contributed by atoms with Gasteiger partial charge in [0.05, 0.1) is 12.2 Å². The van der Waals surface area contributed by atoms with Gasteiger partial charge in [-0.3, -0.25) is 4.68 Å². The molecule has 0 spiro atoms. The van der Waals surface area contributed by atoms with Gasteiger partial charge in [0.15, 0.2) is 0 Å². The van der Waals surface area contributed by atoms with Crippen molar-refractivity contribution < 1.29 is 8.78 Å². The number of nitrogens with one attached hydrogen (secondary N) is 1. The van der Waals surface area contributed by atoms with Gasteiger partial charge < -0.3 is 5.32 Å². The maximum Gasteiger partial charge on any atom is 0.131 e. The van der Waals surface area contributed by atoms with E-state index in [0.29, 0.717) is 12.6 Å². The average molecular weight is 293 g/mol.